The molecule has 3 nitrogen and oxygen atoms in total. The lowest BCUT2D eigenvalue weighted by molar-refractivity contribution is 0.0609. The third kappa shape index (κ3) is 5.84. The van der Waals surface area contributed by atoms with Gasteiger partial charge in [-0.15, -0.1) is 0 Å². The van der Waals surface area contributed by atoms with Crippen molar-refractivity contribution in [1.29, 1.82) is 0 Å². The van der Waals surface area contributed by atoms with Crippen LogP contribution < -0.4 is 5.32 Å². The lowest BCUT2D eigenvalue weighted by Gasteiger charge is -2.33. The quantitative estimate of drug-likeness (QED) is 0.772. The summed E-state index contributed by atoms with van der Waals surface area (Å²) in [6.45, 7) is 6.91. The molecule has 0 bridgehead atoms. The molecule has 0 amide bonds. The zero-order chi connectivity index (χ0) is 12.9. The molecule has 0 aromatic carbocycles. The summed E-state index contributed by atoms with van der Waals surface area (Å²) < 4.78 is 5.40. The Morgan fingerprint density at radius 3 is 2.24 bits per heavy atom. The number of ether oxygens (including phenoxy) is 1. The fourth-order valence-electron chi connectivity index (χ4n) is 2.84. The molecular formula is C14H30N2O. The van der Waals surface area contributed by atoms with Crippen LogP contribution in [0, 0.1) is 5.41 Å². The molecule has 1 saturated carbocycles. The van der Waals surface area contributed by atoms with Crippen LogP contribution in [-0.2, 0) is 4.74 Å². The summed E-state index contributed by atoms with van der Waals surface area (Å²) in [5.74, 6) is 0. The summed E-state index contributed by atoms with van der Waals surface area (Å²) in [5.41, 5.74) is 0.349. The van der Waals surface area contributed by atoms with E-state index in [1.54, 1.807) is 0 Å². The fourth-order valence-corrected chi connectivity index (χ4v) is 2.84. The summed E-state index contributed by atoms with van der Waals surface area (Å²) in [4.78, 5) is 2.27. The van der Waals surface area contributed by atoms with Crippen LogP contribution >= 0.6 is 0 Å². The second-order valence-electron chi connectivity index (χ2n) is 6.49. The average molecular weight is 242 g/mol. The second-order valence-corrected chi connectivity index (χ2v) is 6.49. The molecule has 0 aromatic rings. The van der Waals surface area contributed by atoms with E-state index in [2.05, 4.69) is 38.2 Å². The lowest BCUT2D eigenvalue weighted by Crippen LogP contribution is -2.43. The Morgan fingerprint density at radius 1 is 1.18 bits per heavy atom. The Labute approximate surface area is 107 Å². The van der Waals surface area contributed by atoms with Crippen LogP contribution in [0.1, 0.15) is 39.5 Å². The maximum Gasteiger partial charge on any atom is 0.0572 e. The third-order valence-corrected chi connectivity index (χ3v) is 3.62. The van der Waals surface area contributed by atoms with Crippen molar-refractivity contribution in [2.75, 3.05) is 34.3 Å². The van der Waals surface area contributed by atoms with Gasteiger partial charge in [-0.3, -0.25) is 0 Å². The normalized spacial score (nSPS) is 26.5. The maximum absolute atomic E-state index is 5.40. The summed E-state index contributed by atoms with van der Waals surface area (Å²) >= 11 is 0. The van der Waals surface area contributed by atoms with Crippen LogP contribution in [0.25, 0.3) is 0 Å². The van der Waals surface area contributed by atoms with Crippen molar-refractivity contribution < 1.29 is 4.74 Å². The van der Waals surface area contributed by atoms with E-state index in [-0.39, 0.29) is 0 Å². The van der Waals surface area contributed by atoms with E-state index in [0.29, 0.717) is 17.6 Å². The molecule has 1 N–H and O–H groups in total. The Bertz CT molecular complexity index is 208. The molecule has 1 fully saturated rings. The SMILES string of the molecule is COC1CCC(NCC(C)(C)CN(C)C)CC1. The molecule has 1 rings (SSSR count). The van der Waals surface area contributed by atoms with Crippen molar-refractivity contribution in [2.45, 2.75) is 51.7 Å². The molecule has 102 valence electrons. The molecule has 0 atom stereocenters. The van der Waals surface area contributed by atoms with Gasteiger partial charge in [0, 0.05) is 26.2 Å². The zero-order valence-corrected chi connectivity index (χ0v) is 12.3. The number of nitrogens with zero attached hydrogens (tertiary/aromatic N) is 1. The van der Waals surface area contributed by atoms with Gasteiger partial charge in [0.25, 0.3) is 0 Å². The molecule has 0 spiro atoms. The molecule has 1 aliphatic rings. The lowest BCUT2D eigenvalue weighted by atomic mass is 9.89. The molecule has 0 saturated heterocycles. The van der Waals surface area contributed by atoms with E-state index in [4.69, 9.17) is 4.74 Å². The van der Waals surface area contributed by atoms with E-state index < -0.39 is 0 Å². The predicted octanol–water partition coefficient (Wildman–Crippen LogP) is 2.12. The van der Waals surface area contributed by atoms with E-state index in [1.165, 1.54) is 25.7 Å². The highest BCUT2D eigenvalue weighted by Gasteiger charge is 2.24. The van der Waals surface area contributed by atoms with Gasteiger partial charge in [-0.2, -0.15) is 0 Å². The van der Waals surface area contributed by atoms with Gasteiger partial charge in [0.05, 0.1) is 6.10 Å². The third-order valence-electron chi connectivity index (χ3n) is 3.62. The Kier molecular flexibility index (Phi) is 5.90. The Hall–Kier alpha value is -0.120. The summed E-state index contributed by atoms with van der Waals surface area (Å²) in [7, 11) is 6.12. The van der Waals surface area contributed by atoms with Gasteiger partial charge in [-0.25, -0.2) is 0 Å². The average Bonchev–Trinajstić information content (AvgIpc) is 2.25. The minimum absolute atomic E-state index is 0.349. The molecule has 0 radical (unpaired) electrons. The first-order chi connectivity index (χ1) is 7.93. The highest BCUT2D eigenvalue weighted by atomic mass is 16.5. The Balaban J connectivity index is 2.22. The number of hydrogen-bond donors (Lipinski definition) is 1. The highest BCUT2D eigenvalue weighted by Crippen LogP contribution is 2.22. The van der Waals surface area contributed by atoms with Crippen LogP contribution in [0.4, 0.5) is 0 Å². The monoisotopic (exact) mass is 242 g/mol. The number of rotatable bonds is 6. The molecule has 0 aromatic heterocycles. The summed E-state index contributed by atoms with van der Waals surface area (Å²) in [6, 6.07) is 0.697. The number of methoxy groups -OCH3 is 1. The predicted molar refractivity (Wildman–Crippen MR) is 73.4 cm³/mol. The van der Waals surface area contributed by atoms with Crippen molar-refractivity contribution in [2.24, 2.45) is 5.41 Å². The van der Waals surface area contributed by atoms with Crippen LogP contribution in [0.2, 0.25) is 0 Å². The first-order valence-corrected chi connectivity index (χ1v) is 6.84. The number of nitrogens with one attached hydrogen (secondary N) is 1. The molecule has 17 heavy (non-hydrogen) atoms. The topological polar surface area (TPSA) is 24.5 Å². The second kappa shape index (κ2) is 6.72. The molecule has 0 heterocycles. The van der Waals surface area contributed by atoms with Crippen LogP contribution in [0.15, 0.2) is 0 Å². The fraction of sp³-hybridized carbons (Fsp3) is 1.00. The molecule has 1 aliphatic carbocycles. The first kappa shape index (κ1) is 14.9. The van der Waals surface area contributed by atoms with Crippen molar-refractivity contribution >= 4 is 0 Å². The number of hydrogen-bond acceptors (Lipinski definition) is 3. The first-order valence-electron chi connectivity index (χ1n) is 6.84. The highest BCUT2D eigenvalue weighted by molar-refractivity contribution is 4.81. The van der Waals surface area contributed by atoms with Gasteiger partial charge in [-0.1, -0.05) is 13.8 Å². The minimum Gasteiger partial charge on any atom is -0.381 e. The van der Waals surface area contributed by atoms with Crippen molar-refractivity contribution in [3.05, 3.63) is 0 Å². The van der Waals surface area contributed by atoms with Gasteiger partial charge in [-0.05, 0) is 45.2 Å². The Morgan fingerprint density at radius 2 is 1.76 bits per heavy atom. The van der Waals surface area contributed by atoms with Crippen molar-refractivity contribution in [1.82, 2.24) is 10.2 Å². The minimum atomic E-state index is 0.349. The molecule has 0 unspecified atom stereocenters. The maximum atomic E-state index is 5.40. The van der Waals surface area contributed by atoms with Crippen LogP contribution in [-0.4, -0.2) is 51.3 Å². The zero-order valence-electron chi connectivity index (χ0n) is 12.3. The van der Waals surface area contributed by atoms with E-state index in [1.807, 2.05) is 7.11 Å². The van der Waals surface area contributed by atoms with Gasteiger partial charge in [0.2, 0.25) is 0 Å². The van der Waals surface area contributed by atoms with Crippen molar-refractivity contribution in [3.8, 4) is 0 Å². The standard InChI is InChI=1S/C14H30N2O/c1-14(2,11-16(3)4)10-15-12-6-8-13(17-5)9-7-12/h12-13,15H,6-11H2,1-5H3. The summed E-state index contributed by atoms with van der Waals surface area (Å²) in [6.07, 6.45) is 5.44. The van der Waals surface area contributed by atoms with Crippen molar-refractivity contribution in [3.63, 3.8) is 0 Å². The van der Waals surface area contributed by atoms with E-state index >= 15 is 0 Å². The van der Waals surface area contributed by atoms with Crippen LogP contribution in [0.5, 0.6) is 0 Å². The smallest absolute Gasteiger partial charge is 0.0572 e. The molecule has 0 aliphatic heterocycles. The van der Waals surface area contributed by atoms with E-state index in [9.17, 15) is 0 Å². The van der Waals surface area contributed by atoms with Gasteiger partial charge in [0.1, 0.15) is 0 Å². The van der Waals surface area contributed by atoms with Crippen LogP contribution in [0.3, 0.4) is 0 Å². The largest absolute Gasteiger partial charge is 0.381 e. The van der Waals surface area contributed by atoms with Gasteiger partial charge >= 0.3 is 0 Å². The van der Waals surface area contributed by atoms with Gasteiger partial charge < -0.3 is 15.0 Å². The summed E-state index contributed by atoms with van der Waals surface area (Å²) in [5, 5.41) is 3.73. The molecule has 3 heteroatoms. The van der Waals surface area contributed by atoms with E-state index in [0.717, 1.165) is 13.1 Å². The van der Waals surface area contributed by atoms with Gasteiger partial charge in [0.15, 0.2) is 0 Å². The molecular weight excluding hydrogens is 212 g/mol.